The molecule has 6 heteroatoms. The second-order valence-electron chi connectivity index (χ2n) is 6.05. The summed E-state index contributed by atoms with van der Waals surface area (Å²) in [4.78, 5) is 14.5. The van der Waals surface area contributed by atoms with Gasteiger partial charge in [0, 0.05) is 17.8 Å². The molecular weight excluding hydrogens is 346 g/mol. The van der Waals surface area contributed by atoms with Crippen LogP contribution in [0.15, 0.2) is 18.2 Å². The number of carbonyl (C=O) groups is 1. The number of aryl methyl sites for hydroxylation is 2. The lowest BCUT2D eigenvalue weighted by Gasteiger charge is -2.12. The molecule has 2 heterocycles. The van der Waals surface area contributed by atoms with Crippen LogP contribution in [-0.2, 0) is 19.4 Å². The standard InChI is InChI=1S/C18H18ClNO3S/c19-13-7-11(8-14-17(13)23-6-2-5-22-14)10-20-18(21)16-9-12-3-1-4-15(12)24-16/h7-9H,1-6,10H2,(H,20,21). The summed E-state index contributed by atoms with van der Waals surface area (Å²) in [6, 6.07) is 5.74. The maximum absolute atomic E-state index is 12.4. The molecule has 1 aliphatic heterocycles. The molecule has 1 N–H and O–H groups in total. The Morgan fingerprint density at radius 3 is 2.92 bits per heavy atom. The van der Waals surface area contributed by atoms with Crippen molar-refractivity contribution in [1.29, 1.82) is 0 Å². The van der Waals surface area contributed by atoms with Gasteiger partial charge < -0.3 is 14.8 Å². The normalized spacial score (nSPS) is 15.7. The highest BCUT2D eigenvalue weighted by Crippen LogP contribution is 2.38. The van der Waals surface area contributed by atoms with E-state index in [1.54, 1.807) is 11.3 Å². The molecule has 4 nitrogen and oxygen atoms in total. The lowest BCUT2D eigenvalue weighted by molar-refractivity contribution is 0.0955. The second-order valence-corrected chi connectivity index (χ2v) is 7.59. The Labute approximate surface area is 149 Å². The molecule has 0 fully saturated rings. The first-order valence-corrected chi connectivity index (χ1v) is 9.38. The largest absolute Gasteiger partial charge is 0.489 e. The Morgan fingerprint density at radius 2 is 2.04 bits per heavy atom. The van der Waals surface area contributed by atoms with E-state index in [0.29, 0.717) is 36.3 Å². The van der Waals surface area contributed by atoms with E-state index >= 15 is 0 Å². The lowest BCUT2D eigenvalue weighted by atomic mass is 10.2. The first-order valence-electron chi connectivity index (χ1n) is 8.18. The van der Waals surface area contributed by atoms with Gasteiger partial charge in [0.2, 0.25) is 0 Å². The van der Waals surface area contributed by atoms with Crippen molar-refractivity contribution in [2.45, 2.75) is 32.2 Å². The minimum atomic E-state index is -0.0300. The SMILES string of the molecule is O=C(NCc1cc(Cl)c2c(c1)OCCCO2)c1cc2c(s1)CCC2. The van der Waals surface area contributed by atoms with Crippen LogP contribution in [0, 0.1) is 0 Å². The van der Waals surface area contributed by atoms with Gasteiger partial charge >= 0.3 is 0 Å². The maximum atomic E-state index is 12.4. The van der Waals surface area contributed by atoms with Crippen LogP contribution >= 0.6 is 22.9 Å². The predicted molar refractivity (Wildman–Crippen MR) is 94.6 cm³/mol. The van der Waals surface area contributed by atoms with E-state index in [4.69, 9.17) is 21.1 Å². The number of halogens is 1. The van der Waals surface area contributed by atoms with Crippen LogP contribution in [0.25, 0.3) is 0 Å². The van der Waals surface area contributed by atoms with Gasteiger partial charge in [-0.3, -0.25) is 4.79 Å². The molecule has 1 aliphatic carbocycles. The molecule has 126 valence electrons. The Bertz CT molecular complexity index is 765. The van der Waals surface area contributed by atoms with Crippen molar-refractivity contribution < 1.29 is 14.3 Å². The van der Waals surface area contributed by atoms with Crippen LogP contribution in [-0.4, -0.2) is 19.1 Å². The molecule has 2 aliphatic rings. The minimum absolute atomic E-state index is 0.0300. The van der Waals surface area contributed by atoms with Gasteiger partial charge in [-0.2, -0.15) is 0 Å². The third-order valence-electron chi connectivity index (χ3n) is 4.29. The second kappa shape index (κ2) is 6.65. The molecule has 0 unspecified atom stereocenters. The average Bonchev–Trinajstić information content (AvgIpc) is 3.08. The Morgan fingerprint density at radius 1 is 1.17 bits per heavy atom. The quantitative estimate of drug-likeness (QED) is 0.897. The van der Waals surface area contributed by atoms with Crippen LogP contribution in [0.3, 0.4) is 0 Å². The van der Waals surface area contributed by atoms with E-state index in [1.807, 2.05) is 18.2 Å². The molecule has 24 heavy (non-hydrogen) atoms. The molecule has 0 saturated carbocycles. The van der Waals surface area contributed by atoms with Gasteiger partial charge in [0.05, 0.1) is 23.1 Å². The molecule has 4 rings (SSSR count). The van der Waals surface area contributed by atoms with Crippen LogP contribution in [0.4, 0.5) is 0 Å². The topological polar surface area (TPSA) is 47.6 Å². The first-order chi connectivity index (χ1) is 11.7. The van der Waals surface area contributed by atoms with Crippen molar-refractivity contribution in [3.05, 3.63) is 44.1 Å². The monoisotopic (exact) mass is 363 g/mol. The fraction of sp³-hybridized carbons (Fsp3) is 0.389. The van der Waals surface area contributed by atoms with Crippen LogP contribution in [0.5, 0.6) is 11.5 Å². The third-order valence-corrected chi connectivity index (χ3v) is 5.80. The number of ether oxygens (including phenoxy) is 2. The zero-order valence-corrected chi connectivity index (χ0v) is 14.8. The lowest BCUT2D eigenvalue weighted by Crippen LogP contribution is -2.21. The smallest absolute Gasteiger partial charge is 0.261 e. The van der Waals surface area contributed by atoms with E-state index < -0.39 is 0 Å². The summed E-state index contributed by atoms with van der Waals surface area (Å²) >= 11 is 7.90. The molecule has 0 atom stereocenters. The van der Waals surface area contributed by atoms with Crippen molar-refractivity contribution in [3.8, 4) is 11.5 Å². The van der Waals surface area contributed by atoms with Gasteiger partial charge in [-0.05, 0) is 48.6 Å². The molecule has 0 spiro atoms. The summed E-state index contributed by atoms with van der Waals surface area (Å²) in [6.45, 7) is 1.63. The minimum Gasteiger partial charge on any atom is -0.489 e. The van der Waals surface area contributed by atoms with Crippen molar-refractivity contribution in [2.24, 2.45) is 0 Å². The van der Waals surface area contributed by atoms with E-state index in [1.165, 1.54) is 16.9 Å². The fourth-order valence-electron chi connectivity index (χ4n) is 3.10. The molecule has 0 saturated heterocycles. The summed E-state index contributed by atoms with van der Waals surface area (Å²) in [5.74, 6) is 1.22. The molecule has 1 amide bonds. The fourth-order valence-corrected chi connectivity index (χ4v) is 4.55. The number of nitrogens with one attached hydrogen (secondary N) is 1. The number of rotatable bonds is 3. The number of fused-ring (bicyclic) bond motifs is 2. The summed E-state index contributed by atoms with van der Waals surface area (Å²) in [7, 11) is 0. The molecule has 0 radical (unpaired) electrons. The van der Waals surface area contributed by atoms with Gasteiger partial charge in [-0.15, -0.1) is 11.3 Å². The van der Waals surface area contributed by atoms with E-state index in [9.17, 15) is 4.79 Å². The van der Waals surface area contributed by atoms with Gasteiger partial charge in [0.25, 0.3) is 5.91 Å². The van der Waals surface area contributed by atoms with Gasteiger partial charge in [-0.1, -0.05) is 11.6 Å². The molecule has 1 aromatic carbocycles. The zero-order valence-electron chi connectivity index (χ0n) is 13.2. The summed E-state index contributed by atoms with van der Waals surface area (Å²) in [6.07, 6.45) is 4.24. The predicted octanol–water partition coefficient (Wildman–Crippen LogP) is 3.98. The van der Waals surface area contributed by atoms with Crippen molar-refractivity contribution in [2.75, 3.05) is 13.2 Å². The number of hydrogen-bond donors (Lipinski definition) is 1. The summed E-state index contributed by atoms with van der Waals surface area (Å²) < 4.78 is 11.3. The van der Waals surface area contributed by atoms with Crippen LogP contribution < -0.4 is 14.8 Å². The highest BCUT2D eigenvalue weighted by atomic mass is 35.5. The average molecular weight is 364 g/mol. The van der Waals surface area contributed by atoms with Gasteiger partial charge in [0.1, 0.15) is 0 Å². The van der Waals surface area contributed by atoms with Crippen molar-refractivity contribution in [1.82, 2.24) is 5.32 Å². The van der Waals surface area contributed by atoms with Crippen LogP contribution in [0.2, 0.25) is 5.02 Å². The zero-order chi connectivity index (χ0) is 16.5. The molecule has 0 bridgehead atoms. The number of benzene rings is 1. The maximum Gasteiger partial charge on any atom is 0.261 e. The van der Waals surface area contributed by atoms with E-state index in [0.717, 1.165) is 29.7 Å². The molecule has 2 aromatic rings. The van der Waals surface area contributed by atoms with E-state index in [2.05, 4.69) is 5.32 Å². The third kappa shape index (κ3) is 3.10. The summed E-state index contributed by atoms with van der Waals surface area (Å²) in [5, 5.41) is 3.49. The summed E-state index contributed by atoms with van der Waals surface area (Å²) in [5.41, 5.74) is 2.24. The Balaban J connectivity index is 1.46. The molecular formula is C18H18ClNO3S. The molecule has 1 aromatic heterocycles. The highest BCUT2D eigenvalue weighted by molar-refractivity contribution is 7.14. The Hall–Kier alpha value is -1.72. The number of amides is 1. The van der Waals surface area contributed by atoms with Gasteiger partial charge in [0.15, 0.2) is 11.5 Å². The van der Waals surface area contributed by atoms with Gasteiger partial charge in [-0.25, -0.2) is 0 Å². The number of hydrogen-bond acceptors (Lipinski definition) is 4. The van der Waals surface area contributed by atoms with Crippen LogP contribution in [0.1, 0.15) is 38.5 Å². The Kier molecular flexibility index (Phi) is 4.37. The first kappa shape index (κ1) is 15.8. The highest BCUT2D eigenvalue weighted by Gasteiger charge is 2.19. The number of carbonyl (C=O) groups excluding carboxylic acids is 1. The van der Waals surface area contributed by atoms with E-state index in [-0.39, 0.29) is 5.91 Å². The number of thiophene rings is 1. The van der Waals surface area contributed by atoms with Crippen molar-refractivity contribution >= 4 is 28.8 Å². The van der Waals surface area contributed by atoms with Crippen molar-refractivity contribution in [3.63, 3.8) is 0 Å².